The van der Waals surface area contributed by atoms with Crippen molar-refractivity contribution in [2.45, 2.75) is 32.5 Å². The van der Waals surface area contributed by atoms with E-state index in [-0.39, 0.29) is 12.1 Å². The van der Waals surface area contributed by atoms with E-state index >= 15 is 0 Å². The van der Waals surface area contributed by atoms with Gasteiger partial charge in [-0.25, -0.2) is 0 Å². The maximum Gasteiger partial charge on any atom is 0.124 e. The summed E-state index contributed by atoms with van der Waals surface area (Å²) >= 11 is 0. The predicted molar refractivity (Wildman–Crippen MR) is 83.7 cm³/mol. The Morgan fingerprint density at radius 2 is 2.00 bits per heavy atom. The van der Waals surface area contributed by atoms with Crippen molar-refractivity contribution in [3.8, 4) is 5.75 Å². The molecule has 0 amide bonds. The van der Waals surface area contributed by atoms with Gasteiger partial charge in [-0.15, -0.1) is 0 Å². The zero-order valence-corrected chi connectivity index (χ0v) is 13.8. The van der Waals surface area contributed by atoms with Crippen LogP contribution in [0, 0.1) is 0 Å². The van der Waals surface area contributed by atoms with Gasteiger partial charge < -0.3 is 14.8 Å². The molecule has 5 heteroatoms. The molecule has 3 atom stereocenters. The van der Waals surface area contributed by atoms with Crippen molar-refractivity contribution in [2.75, 3.05) is 26.2 Å². The molecule has 0 heterocycles. The summed E-state index contributed by atoms with van der Waals surface area (Å²) in [5, 5.41) is 3.46. The highest BCUT2D eigenvalue weighted by molar-refractivity contribution is 7.84. The number of hydrogen-bond acceptors (Lipinski definition) is 4. The quantitative estimate of drug-likeness (QED) is 0.800. The molecule has 0 saturated heterocycles. The number of benzene rings is 1. The molecule has 114 valence electrons. The van der Waals surface area contributed by atoms with Gasteiger partial charge in [-0.1, -0.05) is 6.07 Å². The first kappa shape index (κ1) is 17.1. The Morgan fingerprint density at radius 3 is 2.55 bits per heavy atom. The molecule has 0 aliphatic carbocycles. The lowest BCUT2D eigenvalue weighted by atomic mass is 10.0. The van der Waals surface area contributed by atoms with Gasteiger partial charge in [0.1, 0.15) is 5.75 Å². The molecule has 20 heavy (non-hydrogen) atoms. The fourth-order valence-electron chi connectivity index (χ4n) is 2.26. The third kappa shape index (κ3) is 5.23. The summed E-state index contributed by atoms with van der Waals surface area (Å²) < 4.78 is 21.8. The normalized spacial score (nSPS) is 15.7. The van der Waals surface area contributed by atoms with Crippen LogP contribution in [0.3, 0.4) is 0 Å². The summed E-state index contributed by atoms with van der Waals surface area (Å²) in [6, 6.07) is 6.50. The number of hydrogen-bond donors (Lipinski definition) is 1. The van der Waals surface area contributed by atoms with Gasteiger partial charge in [-0.3, -0.25) is 4.21 Å². The SMILES string of the molecule is COCc1cc(C(C)NC(C)CS(C)=O)ccc1OC. The van der Waals surface area contributed by atoms with E-state index in [9.17, 15) is 4.21 Å². The zero-order chi connectivity index (χ0) is 15.1. The Balaban J connectivity index is 2.79. The van der Waals surface area contributed by atoms with Crippen molar-refractivity contribution in [1.82, 2.24) is 5.32 Å². The molecule has 4 nitrogen and oxygen atoms in total. The van der Waals surface area contributed by atoms with Crippen LogP contribution in [0.15, 0.2) is 18.2 Å². The summed E-state index contributed by atoms with van der Waals surface area (Å²) in [6.07, 6.45) is 1.73. The lowest BCUT2D eigenvalue weighted by Crippen LogP contribution is -2.33. The Morgan fingerprint density at radius 1 is 1.30 bits per heavy atom. The molecule has 0 fully saturated rings. The topological polar surface area (TPSA) is 47.6 Å². The first-order chi connectivity index (χ1) is 9.47. The van der Waals surface area contributed by atoms with E-state index in [2.05, 4.69) is 25.2 Å². The van der Waals surface area contributed by atoms with E-state index in [0.29, 0.717) is 12.4 Å². The predicted octanol–water partition coefficient (Wildman–Crippen LogP) is 2.26. The largest absolute Gasteiger partial charge is 0.496 e. The maximum atomic E-state index is 11.2. The Hall–Kier alpha value is -0.910. The summed E-state index contributed by atoms with van der Waals surface area (Å²) in [5.74, 6) is 1.50. The molecule has 0 aliphatic heterocycles. The molecule has 1 rings (SSSR count). The van der Waals surface area contributed by atoms with E-state index in [4.69, 9.17) is 9.47 Å². The van der Waals surface area contributed by atoms with Gasteiger partial charge in [0.25, 0.3) is 0 Å². The van der Waals surface area contributed by atoms with Crippen molar-refractivity contribution < 1.29 is 13.7 Å². The molecule has 1 aromatic rings. The fourth-order valence-corrected chi connectivity index (χ4v) is 3.06. The highest BCUT2D eigenvalue weighted by Gasteiger charge is 2.13. The molecular weight excluding hydrogens is 274 g/mol. The van der Waals surface area contributed by atoms with E-state index in [1.54, 1.807) is 20.5 Å². The first-order valence-electron chi connectivity index (χ1n) is 6.69. The minimum Gasteiger partial charge on any atom is -0.496 e. The molecule has 1 N–H and O–H groups in total. The van der Waals surface area contributed by atoms with Crippen LogP contribution in [0.4, 0.5) is 0 Å². The molecule has 0 aliphatic rings. The number of rotatable bonds is 8. The third-order valence-corrected chi connectivity index (χ3v) is 4.09. The van der Waals surface area contributed by atoms with Crippen LogP contribution in [0.1, 0.15) is 31.0 Å². The molecular formula is C15H25NO3S. The average molecular weight is 299 g/mol. The minimum atomic E-state index is -0.783. The van der Waals surface area contributed by atoms with Crippen LogP contribution in [-0.2, 0) is 22.1 Å². The number of methoxy groups -OCH3 is 2. The van der Waals surface area contributed by atoms with Gasteiger partial charge in [0.05, 0.1) is 13.7 Å². The molecule has 0 aromatic heterocycles. The second-order valence-electron chi connectivity index (χ2n) is 5.03. The van der Waals surface area contributed by atoms with Gasteiger partial charge in [0.15, 0.2) is 0 Å². The number of ether oxygens (including phenoxy) is 2. The molecule has 0 radical (unpaired) electrons. The summed E-state index contributed by atoms with van der Waals surface area (Å²) in [4.78, 5) is 0. The Labute approximate surface area is 124 Å². The molecule has 0 spiro atoms. The molecule has 3 unspecified atom stereocenters. The molecule has 1 aromatic carbocycles. The van der Waals surface area contributed by atoms with Gasteiger partial charge in [-0.05, 0) is 31.5 Å². The van der Waals surface area contributed by atoms with Crippen molar-refractivity contribution in [1.29, 1.82) is 0 Å². The minimum absolute atomic E-state index is 0.190. The van der Waals surface area contributed by atoms with Crippen LogP contribution in [-0.4, -0.2) is 36.5 Å². The summed E-state index contributed by atoms with van der Waals surface area (Å²) in [7, 11) is 2.55. The van der Waals surface area contributed by atoms with Gasteiger partial charge in [0, 0.05) is 47.6 Å². The first-order valence-corrected chi connectivity index (χ1v) is 8.42. The van der Waals surface area contributed by atoms with Crippen molar-refractivity contribution in [2.24, 2.45) is 0 Å². The Bertz CT molecular complexity index is 451. The van der Waals surface area contributed by atoms with E-state index < -0.39 is 10.8 Å². The van der Waals surface area contributed by atoms with Crippen LogP contribution >= 0.6 is 0 Å². The average Bonchev–Trinajstić information content (AvgIpc) is 2.37. The lowest BCUT2D eigenvalue weighted by molar-refractivity contribution is 0.181. The summed E-state index contributed by atoms with van der Waals surface area (Å²) in [5.41, 5.74) is 2.21. The van der Waals surface area contributed by atoms with Crippen molar-refractivity contribution in [3.05, 3.63) is 29.3 Å². The lowest BCUT2D eigenvalue weighted by Gasteiger charge is -2.21. The monoisotopic (exact) mass is 299 g/mol. The third-order valence-electron chi connectivity index (χ3n) is 3.12. The van der Waals surface area contributed by atoms with Crippen molar-refractivity contribution >= 4 is 10.8 Å². The Kier molecular flexibility index (Phi) is 7.19. The summed E-state index contributed by atoms with van der Waals surface area (Å²) in [6.45, 7) is 4.68. The smallest absolute Gasteiger partial charge is 0.124 e. The van der Waals surface area contributed by atoms with Gasteiger partial charge in [0.2, 0.25) is 0 Å². The van der Waals surface area contributed by atoms with Crippen LogP contribution in [0.2, 0.25) is 0 Å². The highest BCUT2D eigenvalue weighted by atomic mass is 32.2. The number of nitrogens with one attached hydrogen (secondary N) is 1. The standard InChI is InChI=1S/C15H25NO3S/c1-11(10-20(5)17)16-12(2)13-6-7-15(19-4)14(8-13)9-18-3/h6-8,11-12,16H,9-10H2,1-5H3. The fraction of sp³-hybridized carbons (Fsp3) is 0.600. The van der Waals surface area contributed by atoms with Crippen LogP contribution in [0.25, 0.3) is 0 Å². The van der Waals surface area contributed by atoms with Crippen LogP contribution in [0.5, 0.6) is 5.75 Å². The van der Waals surface area contributed by atoms with Crippen molar-refractivity contribution in [3.63, 3.8) is 0 Å². The maximum absolute atomic E-state index is 11.2. The zero-order valence-electron chi connectivity index (χ0n) is 12.9. The van der Waals surface area contributed by atoms with Gasteiger partial charge in [-0.2, -0.15) is 0 Å². The molecule has 0 bridgehead atoms. The highest BCUT2D eigenvalue weighted by Crippen LogP contribution is 2.24. The molecule has 0 saturated carbocycles. The van der Waals surface area contributed by atoms with E-state index in [1.165, 1.54) is 5.56 Å². The van der Waals surface area contributed by atoms with E-state index in [0.717, 1.165) is 11.3 Å². The van der Waals surface area contributed by atoms with Gasteiger partial charge >= 0.3 is 0 Å². The van der Waals surface area contributed by atoms with E-state index in [1.807, 2.05) is 12.1 Å². The second-order valence-corrected chi connectivity index (χ2v) is 6.51. The second kappa shape index (κ2) is 8.39. The van der Waals surface area contributed by atoms with Crippen LogP contribution < -0.4 is 10.1 Å².